The number of nitrogens with zero attached hydrogens (tertiary/aromatic N) is 1. The number of carbonyl (C=O) groups excluding carboxylic acids is 1. The Labute approximate surface area is 314 Å². The topological polar surface area (TPSA) is 85.8 Å². The fourth-order valence-electron chi connectivity index (χ4n) is 10.6. The molecule has 0 saturated heterocycles. The molecule has 54 heavy (non-hydrogen) atoms. The predicted molar refractivity (Wildman–Crippen MR) is 218 cm³/mol. The third-order valence-electron chi connectivity index (χ3n) is 13.1. The third kappa shape index (κ3) is 4.52. The fourth-order valence-corrected chi connectivity index (χ4v) is 10.6. The summed E-state index contributed by atoms with van der Waals surface area (Å²) in [5.41, 5.74) is 6.09. The Morgan fingerprint density at radius 2 is 1.24 bits per heavy atom. The third-order valence-corrected chi connectivity index (χ3v) is 13.1. The van der Waals surface area contributed by atoms with Crippen LogP contribution in [0.4, 0.5) is 17.1 Å². The van der Waals surface area contributed by atoms with E-state index in [1.54, 1.807) is 0 Å². The van der Waals surface area contributed by atoms with E-state index >= 15 is 0 Å². The van der Waals surface area contributed by atoms with Gasteiger partial charge in [0.15, 0.2) is 0 Å². The monoisotopic (exact) mass is 706 g/mol. The summed E-state index contributed by atoms with van der Waals surface area (Å²) in [6, 6.07) is 42.4. The van der Waals surface area contributed by atoms with E-state index in [2.05, 4.69) is 125 Å². The van der Waals surface area contributed by atoms with Crippen LogP contribution in [-0.2, 0) is 4.79 Å². The normalized spacial score (nSPS) is 26.6. The van der Waals surface area contributed by atoms with E-state index in [-0.39, 0.29) is 23.4 Å². The molecular weight excluding hydrogens is 665 g/mol. The standard InChI is InChI=1S/C48H42N4O2/c53-45-41(33-25-23-31-17-11-21-37-39(31)43(33)51-47(49-37)27-9-7-19-35(47)29-13-3-1-4-14-29)46(54)42(45)34-26-24-32-18-12-22-38-40(32)44(34)52-48(50-38)28-10-8-20-36(48)30-15-5-2-6-16-30/h1-6,11-18,21-26,35-36,49-51,53H,7-10,19-20,27-28H2/b42-34-. The number of hydrogen-bond donors (Lipinski definition) is 4. The number of aliphatic hydroxyl groups is 1. The molecule has 0 radical (unpaired) electrons. The van der Waals surface area contributed by atoms with Gasteiger partial charge in [-0.2, -0.15) is 0 Å². The lowest BCUT2D eigenvalue weighted by Gasteiger charge is -2.50. The summed E-state index contributed by atoms with van der Waals surface area (Å²) >= 11 is 0. The largest absolute Gasteiger partial charge is 0.506 e. The molecule has 11 rings (SSSR count). The maximum Gasteiger partial charge on any atom is 0.201 e. The number of rotatable bonds is 3. The van der Waals surface area contributed by atoms with Crippen LogP contribution < -0.4 is 26.5 Å². The Morgan fingerprint density at radius 3 is 1.98 bits per heavy atom. The van der Waals surface area contributed by atoms with Crippen molar-refractivity contribution in [1.29, 1.82) is 0 Å². The number of benzene rings is 6. The molecule has 6 aromatic carbocycles. The number of ketones is 1. The van der Waals surface area contributed by atoms with Crippen molar-refractivity contribution in [3.63, 3.8) is 0 Å². The summed E-state index contributed by atoms with van der Waals surface area (Å²) < 4.78 is 0. The van der Waals surface area contributed by atoms with Crippen LogP contribution in [0.3, 0.4) is 0 Å². The summed E-state index contributed by atoms with van der Waals surface area (Å²) in [5.74, 6) is 0.312. The van der Waals surface area contributed by atoms with E-state index in [0.717, 1.165) is 101 Å². The van der Waals surface area contributed by atoms with E-state index in [0.29, 0.717) is 16.4 Å². The number of hydrogen-bond acceptors (Lipinski definition) is 6. The molecule has 0 amide bonds. The molecule has 5 aliphatic rings. The summed E-state index contributed by atoms with van der Waals surface area (Å²) in [7, 11) is 0. The van der Waals surface area contributed by atoms with E-state index in [9.17, 15) is 9.90 Å². The number of nitrogens with one attached hydrogen (secondary N) is 3. The van der Waals surface area contributed by atoms with Gasteiger partial charge in [-0.05, 0) is 72.6 Å². The van der Waals surface area contributed by atoms with Crippen molar-refractivity contribution in [3.8, 4) is 0 Å². The lowest BCUT2D eigenvalue weighted by molar-refractivity contribution is -0.109. The molecular formula is C48H42N4O2. The van der Waals surface area contributed by atoms with Crippen LogP contribution in [0, 0.1) is 0 Å². The van der Waals surface area contributed by atoms with E-state index in [1.165, 1.54) is 11.1 Å². The zero-order valence-corrected chi connectivity index (χ0v) is 30.2. The molecule has 4 N–H and O–H groups in total. The van der Waals surface area contributed by atoms with Gasteiger partial charge >= 0.3 is 0 Å². The molecule has 6 aromatic rings. The minimum Gasteiger partial charge on any atom is -0.506 e. The van der Waals surface area contributed by atoms with Gasteiger partial charge in [-0.1, -0.05) is 122 Å². The van der Waals surface area contributed by atoms with Gasteiger partial charge in [-0.15, -0.1) is 0 Å². The first-order valence-electron chi connectivity index (χ1n) is 19.7. The fraction of sp³-hybridized carbons (Fsp3) is 0.250. The van der Waals surface area contributed by atoms with Crippen molar-refractivity contribution in [1.82, 2.24) is 0 Å². The first-order chi connectivity index (χ1) is 26.5. The highest BCUT2D eigenvalue weighted by molar-refractivity contribution is 6.52. The van der Waals surface area contributed by atoms with Crippen molar-refractivity contribution >= 4 is 55.5 Å². The number of Topliss-reactive ketones (excluding diaryl/α,β-unsaturated/α-hetero) is 1. The van der Waals surface area contributed by atoms with Crippen LogP contribution in [0.15, 0.2) is 132 Å². The van der Waals surface area contributed by atoms with Crippen molar-refractivity contribution in [2.45, 2.75) is 74.5 Å². The smallest absolute Gasteiger partial charge is 0.201 e. The first-order valence-corrected chi connectivity index (χ1v) is 19.7. The molecule has 2 fully saturated rings. The Balaban J connectivity index is 1.11. The molecule has 6 nitrogen and oxygen atoms in total. The zero-order valence-electron chi connectivity index (χ0n) is 30.2. The van der Waals surface area contributed by atoms with Gasteiger partial charge in [-0.25, -0.2) is 0 Å². The number of allylic oxidation sites excluding steroid dienone is 2. The maximum absolute atomic E-state index is 14.7. The highest BCUT2D eigenvalue weighted by Crippen LogP contribution is 2.52. The molecule has 0 aromatic heterocycles. The zero-order chi connectivity index (χ0) is 36.0. The summed E-state index contributed by atoms with van der Waals surface area (Å²) in [6.07, 6.45) is 8.39. The second-order valence-electron chi connectivity index (χ2n) is 16.0. The Hall–Kier alpha value is -5.88. The molecule has 6 heteroatoms. The van der Waals surface area contributed by atoms with Crippen molar-refractivity contribution in [3.05, 3.63) is 154 Å². The van der Waals surface area contributed by atoms with E-state index < -0.39 is 11.3 Å². The maximum atomic E-state index is 14.7. The highest BCUT2D eigenvalue weighted by Gasteiger charge is 2.47. The van der Waals surface area contributed by atoms with Gasteiger partial charge in [0.05, 0.1) is 22.2 Å². The molecule has 0 bridgehead atoms. The quantitative estimate of drug-likeness (QED) is 0.147. The van der Waals surface area contributed by atoms with Gasteiger partial charge in [0.1, 0.15) is 17.1 Å². The Morgan fingerprint density at radius 1 is 0.593 bits per heavy atom. The van der Waals surface area contributed by atoms with Crippen LogP contribution in [0.25, 0.3) is 32.7 Å². The first kappa shape index (κ1) is 31.6. The minimum absolute atomic E-state index is 0.0461. The summed E-state index contributed by atoms with van der Waals surface area (Å²) in [5, 5.41) is 29.8. The van der Waals surface area contributed by atoms with Crippen LogP contribution in [0.2, 0.25) is 0 Å². The van der Waals surface area contributed by atoms with E-state index in [4.69, 9.17) is 4.99 Å². The molecule has 4 atom stereocenters. The Bertz CT molecular complexity index is 2710. The van der Waals surface area contributed by atoms with Gasteiger partial charge in [0.25, 0.3) is 0 Å². The van der Waals surface area contributed by atoms with Gasteiger partial charge in [0, 0.05) is 44.8 Å². The summed E-state index contributed by atoms with van der Waals surface area (Å²) in [4.78, 5) is 20.4. The van der Waals surface area contributed by atoms with E-state index in [1.807, 2.05) is 12.1 Å². The molecule has 2 heterocycles. The van der Waals surface area contributed by atoms with Crippen molar-refractivity contribution in [2.75, 3.05) is 16.0 Å². The Kier molecular flexibility index (Phi) is 6.92. The molecule has 2 spiro atoms. The second kappa shape index (κ2) is 11.8. The molecule has 2 aliphatic heterocycles. The minimum atomic E-state index is -0.550. The summed E-state index contributed by atoms with van der Waals surface area (Å²) in [6.45, 7) is 0. The highest BCUT2D eigenvalue weighted by atomic mass is 16.3. The number of carbonyl (C=O) groups is 1. The lowest BCUT2D eigenvalue weighted by atomic mass is 9.72. The molecule has 2 saturated carbocycles. The van der Waals surface area contributed by atoms with Gasteiger partial charge < -0.3 is 21.1 Å². The van der Waals surface area contributed by atoms with Crippen LogP contribution in [-0.4, -0.2) is 22.2 Å². The number of aliphatic hydroxyl groups excluding tert-OH is 1. The van der Waals surface area contributed by atoms with Crippen LogP contribution in [0.1, 0.15) is 79.9 Å². The van der Waals surface area contributed by atoms with Gasteiger partial charge in [0.2, 0.25) is 5.78 Å². The van der Waals surface area contributed by atoms with Crippen molar-refractivity contribution < 1.29 is 9.90 Å². The van der Waals surface area contributed by atoms with Crippen molar-refractivity contribution in [2.24, 2.45) is 4.99 Å². The van der Waals surface area contributed by atoms with Gasteiger partial charge in [-0.3, -0.25) is 9.79 Å². The van der Waals surface area contributed by atoms with Crippen LogP contribution in [0.5, 0.6) is 0 Å². The predicted octanol–water partition coefficient (Wildman–Crippen LogP) is 9.69. The molecule has 266 valence electrons. The average Bonchev–Trinajstić information content (AvgIpc) is 3.21. The molecule has 3 aliphatic carbocycles. The number of anilines is 3. The lowest BCUT2D eigenvalue weighted by Crippen LogP contribution is -2.54. The molecule has 4 unspecified atom stereocenters. The SMILES string of the molecule is O=C1C(c2ccc3cccc4c3c2NC2(CCCCC2c2ccccc2)N4)=C(O)/C1=c1\ccc2cccc3c2c1=NC1(CCCCC1c1ccccc1)N3. The average molecular weight is 707 g/mol. The van der Waals surface area contributed by atoms with Crippen LogP contribution >= 0.6 is 0 Å². The second-order valence-corrected chi connectivity index (χ2v) is 16.0.